The lowest BCUT2D eigenvalue weighted by Gasteiger charge is -2.20. The van der Waals surface area contributed by atoms with E-state index < -0.39 is 11.7 Å². The average Bonchev–Trinajstić information content (AvgIpc) is 3.01. The normalized spacial score (nSPS) is 18.0. The minimum absolute atomic E-state index is 0.0996. The molecule has 0 saturated carbocycles. The van der Waals surface area contributed by atoms with E-state index in [0.717, 1.165) is 37.0 Å². The molecule has 0 radical (unpaired) electrons. The van der Waals surface area contributed by atoms with Gasteiger partial charge in [-0.3, -0.25) is 0 Å². The Bertz CT molecular complexity index is 703. The Morgan fingerprint density at radius 1 is 1.21 bits per heavy atom. The van der Waals surface area contributed by atoms with Crippen molar-refractivity contribution < 1.29 is 17.9 Å². The van der Waals surface area contributed by atoms with Crippen LogP contribution in [0, 0.1) is 12.8 Å². The van der Waals surface area contributed by atoms with Crippen LogP contribution in [0.5, 0.6) is 5.75 Å². The van der Waals surface area contributed by atoms with Crippen LogP contribution in [0.3, 0.4) is 0 Å². The lowest BCUT2D eigenvalue weighted by atomic mass is 10.1. The second-order valence-electron chi connectivity index (χ2n) is 6.05. The number of aryl methyl sites for hydroxylation is 1. The molecule has 0 amide bonds. The minimum atomic E-state index is -4.40. The van der Waals surface area contributed by atoms with Crippen LogP contribution in [-0.2, 0) is 6.18 Å². The van der Waals surface area contributed by atoms with Crippen molar-refractivity contribution in [2.75, 3.05) is 24.6 Å². The van der Waals surface area contributed by atoms with E-state index >= 15 is 0 Å². The Kier molecular flexibility index (Phi) is 4.64. The van der Waals surface area contributed by atoms with Crippen LogP contribution in [0.25, 0.3) is 0 Å². The van der Waals surface area contributed by atoms with Crippen molar-refractivity contribution in [3.05, 3.63) is 53.7 Å². The number of hydrogen-bond acceptors (Lipinski definition) is 3. The number of benzene rings is 1. The van der Waals surface area contributed by atoms with Crippen LogP contribution in [0.15, 0.2) is 42.6 Å². The monoisotopic (exact) mass is 336 g/mol. The number of para-hydroxylation sites is 1. The molecule has 0 aliphatic carbocycles. The van der Waals surface area contributed by atoms with E-state index in [9.17, 15) is 13.2 Å². The summed E-state index contributed by atoms with van der Waals surface area (Å²) in [5.74, 6) is 1.03. The SMILES string of the molecule is Cc1cccnc1N1CCC(COc2ccccc2C(F)(F)F)C1. The van der Waals surface area contributed by atoms with Gasteiger partial charge in [0, 0.05) is 25.2 Å². The highest BCUT2D eigenvalue weighted by atomic mass is 19.4. The molecular weight excluding hydrogens is 317 g/mol. The van der Waals surface area contributed by atoms with Crippen molar-refractivity contribution in [3.8, 4) is 5.75 Å². The molecule has 1 saturated heterocycles. The third-order valence-electron chi connectivity index (χ3n) is 4.23. The van der Waals surface area contributed by atoms with Gasteiger partial charge in [-0.25, -0.2) is 4.98 Å². The van der Waals surface area contributed by atoms with E-state index in [1.54, 1.807) is 12.3 Å². The molecule has 0 bridgehead atoms. The van der Waals surface area contributed by atoms with Gasteiger partial charge < -0.3 is 9.64 Å². The number of rotatable bonds is 4. The van der Waals surface area contributed by atoms with E-state index in [4.69, 9.17) is 4.74 Å². The first kappa shape index (κ1) is 16.6. The highest BCUT2D eigenvalue weighted by molar-refractivity contribution is 5.46. The van der Waals surface area contributed by atoms with E-state index in [2.05, 4.69) is 9.88 Å². The zero-order valence-electron chi connectivity index (χ0n) is 13.4. The highest BCUT2D eigenvalue weighted by Gasteiger charge is 2.34. The van der Waals surface area contributed by atoms with Crippen LogP contribution >= 0.6 is 0 Å². The maximum atomic E-state index is 13.0. The first-order valence-electron chi connectivity index (χ1n) is 7.91. The fourth-order valence-corrected chi connectivity index (χ4v) is 3.00. The third kappa shape index (κ3) is 3.63. The topological polar surface area (TPSA) is 25.4 Å². The predicted molar refractivity (Wildman–Crippen MR) is 86.2 cm³/mol. The second kappa shape index (κ2) is 6.71. The molecule has 6 heteroatoms. The molecule has 1 atom stereocenters. The second-order valence-corrected chi connectivity index (χ2v) is 6.05. The molecule has 1 aromatic heterocycles. The van der Waals surface area contributed by atoms with E-state index in [1.165, 1.54) is 12.1 Å². The fraction of sp³-hybridized carbons (Fsp3) is 0.389. The van der Waals surface area contributed by atoms with Crippen molar-refractivity contribution >= 4 is 5.82 Å². The number of hydrogen-bond donors (Lipinski definition) is 0. The molecule has 1 aliphatic heterocycles. The number of halogens is 3. The van der Waals surface area contributed by atoms with Gasteiger partial charge in [0.15, 0.2) is 0 Å². The Morgan fingerprint density at radius 3 is 2.75 bits per heavy atom. The van der Waals surface area contributed by atoms with Crippen LogP contribution in [0.4, 0.5) is 19.0 Å². The van der Waals surface area contributed by atoms with Gasteiger partial charge in [0.1, 0.15) is 11.6 Å². The summed E-state index contributed by atoms with van der Waals surface area (Å²) in [5.41, 5.74) is 0.377. The van der Waals surface area contributed by atoms with Gasteiger partial charge in [-0.2, -0.15) is 13.2 Å². The average molecular weight is 336 g/mol. The van der Waals surface area contributed by atoms with Gasteiger partial charge in [-0.1, -0.05) is 18.2 Å². The first-order valence-corrected chi connectivity index (χ1v) is 7.91. The Morgan fingerprint density at radius 2 is 2.00 bits per heavy atom. The maximum Gasteiger partial charge on any atom is 0.419 e. The molecule has 128 valence electrons. The summed E-state index contributed by atoms with van der Waals surface area (Å²) in [7, 11) is 0. The molecule has 3 nitrogen and oxygen atoms in total. The van der Waals surface area contributed by atoms with Crippen LogP contribution in [0.2, 0.25) is 0 Å². The van der Waals surface area contributed by atoms with E-state index in [-0.39, 0.29) is 18.3 Å². The molecule has 3 rings (SSSR count). The van der Waals surface area contributed by atoms with Gasteiger partial charge in [0.2, 0.25) is 0 Å². The van der Waals surface area contributed by atoms with Crippen LogP contribution < -0.4 is 9.64 Å². The summed E-state index contributed by atoms with van der Waals surface area (Å²) in [6, 6.07) is 9.25. The summed E-state index contributed by atoms with van der Waals surface area (Å²) in [5, 5.41) is 0. The minimum Gasteiger partial charge on any atom is -0.493 e. The predicted octanol–water partition coefficient (Wildman–Crippen LogP) is 4.31. The summed E-state index contributed by atoms with van der Waals surface area (Å²) in [6.45, 7) is 3.86. The van der Waals surface area contributed by atoms with E-state index in [1.807, 2.05) is 19.1 Å². The van der Waals surface area contributed by atoms with Crippen molar-refractivity contribution in [1.82, 2.24) is 4.98 Å². The molecular formula is C18H19F3N2O. The summed E-state index contributed by atoms with van der Waals surface area (Å²) in [6.07, 6.45) is -1.76. The Balaban J connectivity index is 1.63. The van der Waals surface area contributed by atoms with Crippen molar-refractivity contribution in [2.24, 2.45) is 5.92 Å². The molecule has 1 fully saturated rings. The fourth-order valence-electron chi connectivity index (χ4n) is 3.00. The Hall–Kier alpha value is -2.24. The molecule has 1 unspecified atom stereocenters. The largest absolute Gasteiger partial charge is 0.493 e. The lowest BCUT2D eigenvalue weighted by Crippen LogP contribution is -2.23. The lowest BCUT2D eigenvalue weighted by molar-refractivity contribution is -0.139. The molecule has 2 aromatic rings. The van der Waals surface area contributed by atoms with Crippen LogP contribution in [-0.4, -0.2) is 24.7 Å². The van der Waals surface area contributed by atoms with Crippen molar-refractivity contribution in [2.45, 2.75) is 19.5 Å². The zero-order valence-corrected chi connectivity index (χ0v) is 13.4. The summed E-state index contributed by atoms with van der Waals surface area (Å²) in [4.78, 5) is 6.56. The number of ether oxygens (including phenoxy) is 1. The van der Waals surface area contributed by atoms with Crippen molar-refractivity contribution in [1.29, 1.82) is 0 Å². The van der Waals surface area contributed by atoms with E-state index in [0.29, 0.717) is 0 Å². The highest BCUT2D eigenvalue weighted by Crippen LogP contribution is 2.36. The number of pyridine rings is 1. The molecule has 0 spiro atoms. The first-order chi connectivity index (χ1) is 11.4. The number of anilines is 1. The third-order valence-corrected chi connectivity index (χ3v) is 4.23. The Labute approximate surface area is 139 Å². The number of nitrogens with zero attached hydrogens (tertiary/aromatic N) is 2. The summed E-state index contributed by atoms with van der Waals surface area (Å²) >= 11 is 0. The molecule has 1 aromatic carbocycles. The molecule has 2 heterocycles. The van der Waals surface area contributed by atoms with Gasteiger partial charge in [0.25, 0.3) is 0 Å². The van der Waals surface area contributed by atoms with Crippen LogP contribution in [0.1, 0.15) is 17.5 Å². The quantitative estimate of drug-likeness (QED) is 0.832. The standard InChI is InChI=1S/C18H19F3N2O/c1-13-5-4-9-22-17(13)23-10-8-14(11-23)12-24-16-7-3-2-6-15(16)18(19,20)21/h2-7,9,14H,8,10-12H2,1H3. The molecule has 1 aliphatic rings. The molecule has 24 heavy (non-hydrogen) atoms. The zero-order chi connectivity index (χ0) is 17.2. The van der Waals surface area contributed by atoms with Gasteiger partial charge in [0.05, 0.1) is 12.2 Å². The van der Waals surface area contributed by atoms with Gasteiger partial charge >= 0.3 is 6.18 Å². The van der Waals surface area contributed by atoms with Gasteiger partial charge in [-0.05, 0) is 37.1 Å². The summed E-state index contributed by atoms with van der Waals surface area (Å²) < 4.78 is 44.4. The van der Waals surface area contributed by atoms with Gasteiger partial charge in [-0.15, -0.1) is 0 Å². The smallest absolute Gasteiger partial charge is 0.419 e. The maximum absolute atomic E-state index is 13.0. The van der Waals surface area contributed by atoms with Crippen molar-refractivity contribution in [3.63, 3.8) is 0 Å². The number of alkyl halides is 3. The number of aromatic nitrogens is 1. The molecule has 0 N–H and O–H groups in total.